The normalized spacial score (nSPS) is 12.0. The van der Waals surface area contributed by atoms with Crippen molar-refractivity contribution in [2.45, 2.75) is 11.7 Å². The molecule has 0 amide bonds. The molecule has 1 unspecified atom stereocenters. The molecule has 0 aromatic rings. The average molecular weight is 209 g/mol. The van der Waals surface area contributed by atoms with Gasteiger partial charge in [-0.3, -0.25) is 9.59 Å². The SMILES string of the molecule is NC(=S)SC(CC(=O)O)C(=O)O. The Balaban J connectivity index is 4.14. The van der Waals surface area contributed by atoms with E-state index in [1.807, 2.05) is 0 Å². The lowest BCUT2D eigenvalue weighted by molar-refractivity contribution is -0.142. The van der Waals surface area contributed by atoms with E-state index in [0.717, 1.165) is 0 Å². The number of aliphatic carboxylic acids is 2. The van der Waals surface area contributed by atoms with E-state index in [4.69, 9.17) is 15.9 Å². The number of rotatable bonds is 4. The molecular formula is C5H7NO4S2. The third kappa shape index (κ3) is 4.91. The molecule has 0 saturated carbocycles. The highest BCUT2D eigenvalue weighted by Gasteiger charge is 2.22. The largest absolute Gasteiger partial charge is 0.481 e. The maximum atomic E-state index is 10.4. The Morgan fingerprint density at radius 2 is 2.00 bits per heavy atom. The number of carboxylic acid groups (broad SMARTS) is 2. The van der Waals surface area contributed by atoms with E-state index in [1.165, 1.54) is 0 Å². The van der Waals surface area contributed by atoms with Crippen molar-refractivity contribution in [3.8, 4) is 0 Å². The molecule has 0 saturated heterocycles. The fourth-order valence-electron chi connectivity index (χ4n) is 0.478. The van der Waals surface area contributed by atoms with E-state index in [9.17, 15) is 9.59 Å². The van der Waals surface area contributed by atoms with Gasteiger partial charge in [-0.25, -0.2) is 0 Å². The molecule has 0 aliphatic carbocycles. The van der Waals surface area contributed by atoms with Gasteiger partial charge in [-0.15, -0.1) is 0 Å². The van der Waals surface area contributed by atoms with Gasteiger partial charge in [-0.05, 0) is 0 Å². The maximum Gasteiger partial charge on any atom is 0.317 e. The van der Waals surface area contributed by atoms with Crippen LogP contribution in [-0.4, -0.2) is 31.7 Å². The van der Waals surface area contributed by atoms with Crippen molar-refractivity contribution in [1.82, 2.24) is 0 Å². The Labute approximate surface area is 77.9 Å². The van der Waals surface area contributed by atoms with Crippen molar-refractivity contribution in [1.29, 1.82) is 0 Å². The summed E-state index contributed by atoms with van der Waals surface area (Å²) in [6.45, 7) is 0. The van der Waals surface area contributed by atoms with Crippen molar-refractivity contribution < 1.29 is 19.8 Å². The van der Waals surface area contributed by atoms with Crippen molar-refractivity contribution in [2.75, 3.05) is 0 Å². The Hall–Kier alpha value is -0.820. The van der Waals surface area contributed by atoms with Gasteiger partial charge in [0.25, 0.3) is 0 Å². The van der Waals surface area contributed by atoms with Gasteiger partial charge in [0.15, 0.2) is 0 Å². The second-order valence-electron chi connectivity index (χ2n) is 1.86. The quantitative estimate of drug-likeness (QED) is 0.555. The molecule has 0 rings (SSSR count). The number of thiocarbonyl (C=S) groups is 1. The fraction of sp³-hybridized carbons (Fsp3) is 0.400. The van der Waals surface area contributed by atoms with Crippen LogP contribution in [0.5, 0.6) is 0 Å². The predicted molar refractivity (Wildman–Crippen MR) is 48.1 cm³/mol. The number of carboxylic acids is 2. The highest BCUT2D eigenvalue weighted by Crippen LogP contribution is 2.14. The number of hydrogen-bond donors (Lipinski definition) is 3. The lowest BCUT2D eigenvalue weighted by atomic mass is 10.3. The monoisotopic (exact) mass is 209 g/mol. The van der Waals surface area contributed by atoms with Gasteiger partial charge < -0.3 is 15.9 Å². The molecule has 0 heterocycles. The Kier molecular flexibility index (Phi) is 4.60. The first-order chi connectivity index (χ1) is 5.43. The number of carbonyl (C=O) groups is 2. The molecule has 0 aromatic heterocycles. The van der Waals surface area contributed by atoms with E-state index in [1.54, 1.807) is 0 Å². The van der Waals surface area contributed by atoms with Gasteiger partial charge in [0.1, 0.15) is 9.57 Å². The van der Waals surface area contributed by atoms with Gasteiger partial charge in [0.05, 0.1) is 6.42 Å². The zero-order chi connectivity index (χ0) is 9.72. The van der Waals surface area contributed by atoms with Crippen LogP contribution in [0.4, 0.5) is 0 Å². The first-order valence-corrected chi connectivity index (χ1v) is 4.13. The summed E-state index contributed by atoms with van der Waals surface area (Å²) >= 11 is 5.09. The van der Waals surface area contributed by atoms with E-state index in [0.29, 0.717) is 11.8 Å². The molecule has 0 bridgehead atoms. The van der Waals surface area contributed by atoms with E-state index in [-0.39, 0.29) is 4.32 Å². The topological polar surface area (TPSA) is 101 Å². The van der Waals surface area contributed by atoms with Crippen molar-refractivity contribution in [2.24, 2.45) is 5.73 Å². The van der Waals surface area contributed by atoms with Crippen LogP contribution in [-0.2, 0) is 9.59 Å². The van der Waals surface area contributed by atoms with Crippen LogP contribution in [0, 0.1) is 0 Å². The van der Waals surface area contributed by atoms with E-state index < -0.39 is 23.6 Å². The number of nitrogens with two attached hydrogens (primary N) is 1. The highest BCUT2D eigenvalue weighted by molar-refractivity contribution is 8.23. The third-order valence-corrected chi connectivity index (χ3v) is 2.07. The average Bonchev–Trinajstić information content (AvgIpc) is 1.83. The molecule has 1 atom stereocenters. The summed E-state index contributed by atoms with van der Waals surface area (Å²) in [6, 6.07) is 0. The Morgan fingerprint density at radius 3 is 2.25 bits per heavy atom. The summed E-state index contributed by atoms with van der Waals surface area (Å²) in [5.41, 5.74) is 5.04. The van der Waals surface area contributed by atoms with Crippen LogP contribution >= 0.6 is 24.0 Å². The van der Waals surface area contributed by atoms with Crippen LogP contribution in [0.3, 0.4) is 0 Å². The summed E-state index contributed by atoms with van der Waals surface area (Å²) in [4.78, 5) is 20.5. The number of thioether (sulfide) groups is 1. The standard InChI is InChI=1S/C5H7NO4S2/c6-5(11)12-2(4(9)10)1-3(7)8/h2H,1H2,(H2,6,11)(H,7,8)(H,9,10). The van der Waals surface area contributed by atoms with Crippen LogP contribution in [0.2, 0.25) is 0 Å². The molecule has 0 aliphatic rings. The lowest BCUT2D eigenvalue weighted by Gasteiger charge is -2.06. The van der Waals surface area contributed by atoms with Crippen LogP contribution in [0.25, 0.3) is 0 Å². The van der Waals surface area contributed by atoms with Gasteiger partial charge in [-0.1, -0.05) is 24.0 Å². The zero-order valence-corrected chi connectivity index (χ0v) is 7.52. The molecule has 0 fully saturated rings. The minimum atomic E-state index is -1.23. The Morgan fingerprint density at radius 1 is 1.50 bits per heavy atom. The second-order valence-corrected chi connectivity index (χ2v) is 3.80. The summed E-state index contributed by atoms with van der Waals surface area (Å²) in [5.74, 6) is -2.42. The molecule has 12 heavy (non-hydrogen) atoms. The van der Waals surface area contributed by atoms with Gasteiger partial charge in [-0.2, -0.15) is 0 Å². The second kappa shape index (κ2) is 4.94. The van der Waals surface area contributed by atoms with Crippen LogP contribution < -0.4 is 5.73 Å². The molecule has 5 nitrogen and oxygen atoms in total. The van der Waals surface area contributed by atoms with Gasteiger partial charge in [0.2, 0.25) is 0 Å². The van der Waals surface area contributed by atoms with Gasteiger partial charge in [0, 0.05) is 0 Å². The van der Waals surface area contributed by atoms with E-state index in [2.05, 4.69) is 12.2 Å². The van der Waals surface area contributed by atoms with Crippen molar-refractivity contribution >= 4 is 40.2 Å². The molecule has 0 radical (unpaired) electrons. The molecule has 68 valence electrons. The third-order valence-electron chi connectivity index (χ3n) is 0.894. The minimum absolute atomic E-state index is 0.0661. The smallest absolute Gasteiger partial charge is 0.317 e. The van der Waals surface area contributed by atoms with Crippen LogP contribution in [0.15, 0.2) is 0 Å². The first-order valence-electron chi connectivity index (χ1n) is 2.84. The highest BCUT2D eigenvalue weighted by atomic mass is 32.2. The van der Waals surface area contributed by atoms with E-state index >= 15 is 0 Å². The van der Waals surface area contributed by atoms with Crippen molar-refractivity contribution in [3.05, 3.63) is 0 Å². The Bertz CT molecular complexity index is 201. The molecule has 4 N–H and O–H groups in total. The predicted octanol–water partition coefficient (Wildman–Crippen LogP) is -0.109. The molecule has 0 spiro atoms. The molecule has 0 aromatic carbocycles. The first kappa shape index (κ1) is 11.2. The van der Waals surface area contributed by atoms with Crippen molar-refractivity contribution in [3.63, 3.8) is 0 Å². The van der Waals surface area contributed by atoms with Gasteiger partial charge >= 0.3 is 11.9 Å². The summed E-state index contributed by atoms with van der Waals surface area (Å²) in [7, 11) is 0. The minimum Gasteiger partial charge on any atom is -0.481 e. The lowest BCUT2D eigenvalue weighted by Crippen LogP contribution is -2.23. The molecule has 0 aliphatic heterocycles. The zero-order valence-electron chi connectivity index (χ0n) is 5.89. The number of hydrogen-bond acceptors (Lipinski definition) is 4. The van der Waals surface area contributed by atoms with Crippen LogP contribution in [0.1, 0.15) is 6.42 Å². The fourth-order valence-corrected chi connectivity index (χ4v) is 1.43. The molecule has 7 heteroatoms. The summed E-state index contributed by atoms with van der Waals surface area (Å²) in [5, 5.41) is 15.7. The molecular weight excluding hydrogens is 202 g/mol. The maximum absolute atomic E-state index is 10.4. The summed E-state index contributed by atoms with van der Waals surface area (Å²) in [6.07, 6.45) is -0.489. The summed E-state index contributed by atoms with van der Waals surface area (Å²) < 4.78 is -0.0661.